The first-order valence-electron chi connectivity index (χ1n) is 14.0. The van der Waals surface area contributed by atoms with Crippen LogP contribution in [0.4, 0.5) is 36.7 Å². The number of amides is 2. The number of aryl methyl sites for hydroxylation is 1. The third-order valence-electron chi connectivity index (χ3n) is 7.65. The van der Waals surface area contributed by atoms with Gasteiger partial charge in [-0.05, 0) is 60.9 Å². The molecule has 0 spiro atoms. The highest BCUT2D eigenvalue weighted by Gasteiger charge is 2.38. The van der Waals surface area contributed by atoms with E-state index in [1.807, 2.05) is 0 Å². The summed E-state index contributed by atoms with van der Waals surface area (Å²) in [4.78, 5) is 39.7. The molecule has 0 N–H and O–H groups in total. The number of ether oxygens (including phenoxy) is 1. The molecule has 0 atom stereocenters. The summed E-state index contributed by atoms with van der Waals surface area (Å²) < 4.78 is 101. The van der Waals surface area contributed by atoms with E-state index in [1.165, 1.54) is 25.1 Å². The quantitative estimate of drug-likeness (QED) is 0.340. The van der Waals surface area contributed by atoms with E-state index in [4.69, 9.17) is 4.74 Å². The van der Waals surface area contributed by atoms with E-state index < -0.39 is 41.7 Å². The molecule has 45 heavy (non-hydrogen) atoms. The minimum Gasteiger partial charge on any atom is -0.477 e. The monoisotopic (exact) mass is 639 g/mol. The van der Waals surface area contributed by atoms with Gasteiger partial charge in [-0.3, -0.25) is 9.59 Å². The molecule has 0 saturated carbocycles. The number of carbonyl (C=O) groups excluding carboxylic acids is 2. The van der Waals surface area contributed by atoms with Gasteiger partial charge in [-0.1, -0.05) is 0 Å². The Balaban J connectivity index is 1.59. The first kappa shape index (κ1) is 32.0. The average Bonchev–Trinajstić information content (AvgIpc) is 2.96. The molecule has 1 aromatic heterocycles. The lowest BCUT2D eigenvalue weighted by molar-refractivity contribution is -0.143. The number of hydrogen-bond acceptors (Lipinski definition) is 6. The number of carbonyl (C=O) groups is 2. The number of benzene rings is 2. The standard InChI is InChI=1S/C30H28F7N5O3/c1-17-12-22(31)4-5-23(17)25-24-26(39-28(38-25)41-9-7-40(8-10-41)18(2)43)45-11-3-6-42(27(24)44)16-19-13-20(29(32,33)34)15-21(14-19)30(35,36)37/h4-5,12-15H,3,6-11,16H2,1-2H3. The van der Waals surface area contributed by atoms with Gasteiger partial charge in [0.15, 0.2) is 0 Å². The van der Waals surface area contributed by atoms with Crippen molar-refractivity contribution >= 4 is 17.8 Å². The smallest absolute Gasteiger partial charge is 0.416 e. The molecular formula is C30H28F7N5O3. The second-order valence-electron chi connectivity index (χ2n) is 10.8. The number of hydrogen-bond donors (Lipinski definition) is 0. The predicted octanol–water partition coefficient (Wildman–Crippen LogP) is 5.72. The minimum absolute atomic E-state index is 0.0307. The van der Waals surface area contributed by atoms with Gasteiger partial charge in [0.25, 0.3) is 5.91 Å². The topological polar surface area (TPSA) is 78.9 Å². The maximum absolute atomic E-state index is 14.1. The second-order valence-corrected chi connectivity index (χ2v) is 10.8. The maximum Gasteiger partial charge on any atom is 0.416 e. The van der Waals surface area contributed by atoms with Gasteiger partial charge in [0.2, 0.25) is 17.7 Å². The Kier molecular flexibility index (Phi) is 8.64. The van der Waals surface area contributed by atoms with E-state index in [2.05, 4.69) is 9.97 Å². The van der Waals surface area contributed by atoms with Crippen molar-refractivity contribution < 1.29 is 45.1 Å². The van der Waals surface area contributed by atoms with Crippen LogP contribution in [0.25, 0.3) is 11.3 Å². The minimum atomic E-state index is -5.05. The van der Waals surface area contributed by atoms with Crippen LogP contribution in [0.5, 0.6) is 5.88 Å². The Morgan fingerprint density at radius 3 is 2.13 bits per heavy atom. The average molecular weight is 640 g/mol. The summed E-state index contributed by atoms with van der Waals surface area (Å²) in [5.74, 6) is -1.34. The van der Waals surface area contributed by atoms with E-state index in [9.17, 15) is 40.3 Å². The van der Waals surface area contributed by atoms with Crippen molar-refractivity contribution in [2.75, 3.05) is 44.2 Å². The largest absolute Gasteiger partial charge is 0.477 e. The third kappa shape index (κ3) is 6.96. The molecule has 0 bridgehead atoms. The van der Waals surface area contributed by atoms with Crippen molar-refractivity contribution in [3.63, 3.8) is 0 Å². The van der Waals surface area contributed by atoms with Crippen molar-refractivity contribution in [3.8, 4) is 17.1 Å². The van der Waals surface area contributed by atoms with Crippen LogP contribution in [0.3, 0.4) is 0 Å². The molecule has 3 heterocycles. The van der Waals surface area contributed by atoms with Crippen LogP contribution in [-0.4, -0.2) is 70.9 Å². The molecule has 2 aliphatic heterocycles. The van der Waals surface area contributed by atoms with Gasteiger partial charge in [-0.15, -0.1) is 0 Å². The fourth-order valence-corrected chi connectivity index (χ4v) is 5.34. The SMILES string of the molecule is CC(=O)N1CCN(c2nc3c(c(-c4ccc(F)cc4C)n2)C(=O)N(Cc2cc(C(F)(F)F)cc(C(F)(F)F)c2)CCCO3)CC1. The van der Waals surface area contributed by atoms with Crippen LogP contribution in [-0.2, 0) is 23.7 Å². The summed E-state index contributed by atoms with van der Waals surface area (Å²) in [7, 11) is 0. The van der Waals surface area contributed by atoms with Crippen molar-refractivity contribution in [3.05, 3.63) is 70.0 Å². The van der Waals surface area contributed by atoms with E-state index in [0.29, 0.717) is 49.4 Å². The highest BCUT2D eigenvalue weighted by atomic mass is 19.4. The van der Waals surface area contributed by atoms with Crippen LogP contribution in [0.15, 0.2) is 36.4 Å². The van der Waals surface area contributed by atoms with Crippen LogP contribution < -0.4 is 9.64 Å². The lowest BCUT2D eigenvalue weighted by atomic mass is 9.99. The van der Waals surface area contributed by atoms with Crippen molar-refractivity contribution in [1.29, 1.82) is 0 Å². The molecule has 0 unspecified atom stereocenters. The molecule has 8 nitrogen and oxygen atoms in total. The summed E-state index contributed by atoms with van der Waals surface area (Å²) in [6.07, 6.45) is -9.90. The zero-order chi connectivity index (χ0) is 32.7. The van der Waals surface area contributed by atoms with E-state index in [-0.39, 0.29) is 60.2 Å². The van der Waals surface area contributed by atoms with Crippen LogP contribution in [0.2, 0.25) is 0 Å². The fourth-order valence-electron chi connectivity index (χ4n) is 5.34. The lowest BCUT2D eigenvalue weighted by Gasteiger charge is -2.35. The molecule has 5 rings (SSSR count). The molecule has 3 aromatic rings. The van der Waals surface area contributed by atoms with Gasteiger partial charge in [0, 0.05) is 51.8 Å². The Bertz CT molecular complexity index is 1590. The number of anilines is 1. The van der Waals surface area contributed by atoms with E-state index in [0.717, 1.165) is 4.90 Å². The maximum atomic E-state index is 14.1. The molecule has 1 fully saturated rings. The summed E-state index contributed by atoms with van der Waals surface area (Å²) in [6.45, 7) is 4.01. The number of aromatic nitrogens is 2. The van der Waals surface area contributed by atoms with Crippen molar-refractivity contribution in [2.24, 2.45) is 0 Å². The first-order valence-corrected chi connectivity index (χ1v) is 14.0. The number of nitrogens with zero attached hydrogens (tertiary/aromatic N) is 5. The van der Waals surface area contributed by atoms with E-state index >= 15 is 0 Å². The molecular weight excluding hydrogens is 611 g/mol. The van der Waals surface area contributed by atoms with Gasteiger partial charge in [0.1, 0.15) is 11.4 Å². The Hall–Kier alpha value is -4.43. The van der Waals surface area contributed by atoms with Gasteiger partial charge < -0.3 is 19.4 Å². The molecule has 0 radical (unpaired) electrons. The number of piperazine rings is 1. The Morgan fingerprint density at radius 1 is 0.911 bits per heavy atom. The number of fused-ring (bicyclic) bond motifs is 1. The molecule has 2 aromatic carbocycles. The Morgan fingerprint density at radius 2 is 1.56 bits per heavy atom. The van der Waals surface area contributed by atoms with Crippen molar-refractivity contribution in [1.82, 2.24) is 19.8 Å². The molecule has 1 saturated heterocycles. The van der Waals surface area contributed by atoms with Crippen LogP contribution in [0.1, 0.15) is 46.0 Å². The van der Waals surface area contributed by atoms with E-state index in [1.54, 1.807) is 16.7 Å². The lowest BCUT2D eigenvalue weighted by Crippen LogP contribution is -2.48. The molecule has 0 aliphatic carbocycles. The zero-order valence-electron chi connectivity index (χ0n) is 24.2. The molecule has 240 valence electrons. The summed E-state index contributed by atoms with van der Waals surface area (Å²) in [5, 5.41) is 0. The van der Waals surface area contributed by atoms with Gasteiger partial charge in [-0.25, -0.2) is 9.37 Å². The number of rotatable bonds is 4. The number of alkyl halides is 6. The van der Waals surface area contributed by atoms with Crippen LogP contribution in [0, 0.1) is 12.7 Å². The predicted molar refractivity (Wildman–Crippen MR) is 148 cm³/mol. The fraction of sp³-hybridized carbons (Fsp3) is 0.400. The zero-order valence-corrected chi connectivity index (χ0v) is 24.2. The molecule has 2 aliphatic rings. The number of halogens is 7. The summed E-state index contributed by atoms with van der Waals surface area (Å²) in [6, 6.07) is 5.04. The normalized spacial score (nSPS) is 16.2. The third-order valence-corrected chi connectivity index (χ3v) is 7.65. The highest BCUT2D eigenvalue weighted by molar-refractivity contribution is 6.02. The van der Waals surface area contributed by atoms with Gasteiger partial charge >= 0.3 is 12.4 Å². The van der Waals surface area contributed by atoms with Crippen molar-refractivity contribution in [2.45, 2.75) is 39.2 Å². The summed E-state index contributed by atoms with van der Waals surface area (Å²) in [5.41, 5.74) is -2.66. The Labute approximate surface area is 253 Å². The van der Waals surface area contributed by atoms with Crippen LogP contribution >= 0.6 is 0 Å². The molecule has 2 amide bonds. The highest BCUT2D eigenvalue weighted by Crippen LogP contribution is 2.38. The second kappa shape index (κ2) is 12.2. The van der Waals surface area contributed by atoms with Gasteiger partial charge in [0.05, 0.1) is 23.4 Å². The van der Waals surface area contributed by atoms with Gasteiger partial charge in [-0.2, -0.15) is 31.3 Å². The first-order chi connectivity index (χ1) is 21.1. The molecule has 15 heteroatoms. The summed E-state index contributed by atoms with van der Waals surface area (Å²) >= 11 is 0.